The second kappa shape index (κ2) is 9.35. The van der Waals surface area contributed by atoms with Gasteiger partial charge < -0.3 is 9.80 Å². The van der Waals surface area contributed by atoms with Crippen LogP contribution >= 0.6 is 11.3 Å². The number of benzene rings is 1. The van der Waals surface area contributed by atoms with E-state index in [1.54, 1.807) is 9.80 Å². The predicted octanol–water partition coefficient (Wildman–Crippen LogP) is 3.72. The molecule has 0 amide bonds. The molecule has 3 aromatic heterocycles. The first-order valence-corrected chi connectivity index (χ1v) is 16.3. The average molecular weight is 631 g/mol. The third-order valence-electron chi connectivity index (χ3n) is 7.29. The van der Waals surface area contributed by atoms with Crippen molar-refractivity contribution in [3.05, 3.63) is 53.0 Å². The Morgan fingerprint density at radius 1 is 0.951 bits per heavy atom. The Kier molecular flexibility index (Phi) is 6.35. The molecule has 6 rings (SSSR count). The van der Waals surface area contributed by atoms with Crippen molar-refractivity contribution < 1.29 is 34.4 Å². The molecule has 1 aliphatic heterocycles. The highest BCUT2D eigenvalue weighted by atomic mass is 32.2. The smallest absolute Gasteiger partial charge is 0.301 e. The largest absolute Gasteiger partial charge is 0.350 e. The van der Waals surface area contributed by atoms with Crippen molar-refractivity contribution in [3.63, 3.8) is 0 Å². The summed E-state index contributed by atoms with van der Waals surface area (Å²) in [6, 6.07) is 2.18. The molecule has 0 atom stereocenters. The number of anilines is 2. The number of hydrogen-bond acceptors (Lipinski definition) is 10. The Hall–Kier alpha value is -3.31. The predicted molar refractivity (Wildman–Crippen MR) is 142 cm³/mol. The number of sulfone groups is 1. The maximum atomic E-state index is 15.3. The van der Waals surface area contributed by atoms with E-state index in [0.717, 1.165) is 23.7 Å². The number of thiazole rings is 1. The second-order valence-corrected chi connectivity index (χ2v) is 15.5. The number of rotatable bonds is 6. The van der Waals surface area contributed by atoms with Gasteiger partial charge in [-0.15, -0.1) is 20.5 Å². The molecule has 41 heavy (non-hydrogen) atoms. The number of pyridine rings is 1. The summed E-state index contributed by atoms with van der Waals surface area (Å²) in [5, 5.41) is 3.55. The normalized spacial score (nSPS) is 17.2. The molecule has 17 heteroatoms. The van der Waals surface area contributed by atoms with E-state index in [1.165, 1.54) is 13.8 Å². The summed E-state index contributed by atoms with van der Waals surface area (Å²) in [4.78, 5) is 11.1. The molecule has 1 aromatic carbocycles. The quantitative estimate of drug-likeness (QED) is 0.294. The van der Waals surface area contributed by atoms with Gasteiger partial charge in [-0.3, -0.25) is 0 Å². The van der Waals surface area contributed by atoms with Gasteiger partial charge in [0, 0.05) is 43.2 Å². The minimum absolute atomic E-state index is 0.0424. The standard InChI is InChI=1S/C24H22F4N6O4S3/c1-13(2)40(35,36)23-30-19(11-39-23)41(37,38)34-18-9-14(25)7-16(27)20(18)22(31-34)33-6-5-32(12-24(33)3-4-24)21-17(28)8-15(26)10-29-21/h7-11,13H,3-6,12H2,1-2H3. The maximum absolute atomic E-state index is 15.3. The van der Waals surface area contributed by atoms with Crippen LogP contribution in [0.5, 0.6) is 0 Å². The van der Waals surface area contributed by atoms with Crippen LogP contribution < -0.4 is 9.80 Å². The van der Waals surface area contributed by atoms with Gasteiger partial charge >= 0.3 is 10.0 Å². The molecule has 2 aliphatic rings. The topological polar surface area (TPSA) is 118 Å². The Morgan fingerprint density at radius 3 is 2.32 bits per heavy atom. The molecular weight excluding hydrogens is 608 g/mol. The van der Waals surface area contributed by atoms with E-state index in [0.29, 0.717) is 34.3 Å². The highest BCUT2D eigenvalue weighted by molar-refractivity contribution is 7.94. The molecule has 4 aromatic rings. The van der Waals surface area contributed by atoms with Crippen molar-refractivity contribution in [2.24, 2.45) is 0 Å². The van der Waals surface area contributed by atoms with Gasteiger partial charge in [0.25, 0.3) is 0 Å². The second-order valence-electron chi connectivity index (χ2n) is 10.3. The van der Waals surface area contributed by atoms with Crippen molar-refractivity contribution in [3.8, 4) is 0 Å². The molecule has 0 unspecified atom stereocenters. The van der Waals surface area contributed by atoms with Crippen LogP contribution in [-0.2, 0) is 19.9 Å². The van der Waals surface area contributed by atoms with E-state index in [1.807, 2.05) is 0 Å². The average Bonchev–Trinajstić information content (AvgIpc) is 3.29. The summed E-state index contributed by atoms with van der Waals surface area (Å²) in [7, 11) is -8.57. The minimum Gasteiger partial charge on any atom is -0.350 e. The van der Waals surface area contributed by atoms with Gasteiger partial charge in [0.1, 0.15) is 17.5 Å². The molecule has 10 nitrogen and oxygen atoms in total. The lowest BCUT2D eigenvalue weighted by Gasteiger charge is -2.43. The Morgan fingerprint density at radius 2 is 1.66 bits per heavy atom. The minimum atomic E-state index is -4.69. The van der Waals surface area contributed by atoms with Crippen molar-refractivity contribution in [1.82, 2.24) is 19.2 Å². The molecule has 1 saturated heterocycles. The molecule has 1 spiro atoms. The van der Waals surface area contributed by atoms with Crippen LogP contribution in [0.15, 0.2) is 39.1 Å². The molecule has 0 N–H and O–H groups in total. The van der Waals surface area contributed by atoms with Crippen molar-refractivity contribution in [2.45, 2.75) is 46.8 Å². The van der Waals surface area contributed by atoms with E-state index in [4.69, 9.17) is 0 Å². The molecule has 4 heterocycles. The zero-order valence-corrected chi connectivity index (χ0v) is 24.0. The first-order chi connectivity index (χ1) is 19.2. The third kappa shape index (κ3) is 4.44. The zero-order chi connectivity index (χ0) is 29.5. The van der Waals surface area contributed by atoms with Gasteiger partial charge in [0.05, 0.1) is 27.9 Å². The molecule has 218 valence electrons. The van der Waals surface area contributed by atoms with Crippen LogP contribution in [0.25, 0.3) is 10.9 Å². The van der Waals surface area contributed by atoms with Crippen LogP contribution in [0.1, 0.15) is 26.7 Å². The van der Waals surface area contributed by atoms with Gasteiger partial charge in [-0.25, -0.2) is 35.9 Å². The van der Waals surface area contributed by atoms with E-state index >= 15 is 4.39 Å². The van der Waals surface area contributed by atoms with Crippen LogP contribution in [0.3, 0.4) is 0 Å². The third-order valence-corrected chi connectivity index (χ3v) is 12.3. The lowest BCUT2D eigenvalue weighted by molar-refractivity contribution is 0.489. The fourth-order valence-corrected chi connectivity index (χ4v) is 8.99. The number of halogens is 4. The molecule has 1 aliphatic carbocycles. The number of nitrogens with zero attached hydrogens (tertiary/aromatic N) is 6. The summed E-state index contributed by atoms with van der Waals surface area (Å²) < 4.78 is 110. The zero-order valence-electron chi connectivity index (χ0n) is 21.6. The molecular formula is C24H22F4N6O4S3. The molecule has 1 saturated carbocycles. The lowest BCUT2D eigenvalue weighted by atomic mass is 10.1. The van der Waals surface area contributed by atoms with Crippen molar-refractivity contribution in [2.75, 3.05) is 29.4 Å². The van der Waals surface area contributed by atoms with Gasteiger partial charge in [0.2, 0.25) is 14.2 Å². The Balaban J connectivity index is 1.44. The fourth-order valence-electron chi connectivity index (χ4n) is 4.98. The first kappa shape index (κ1) is 27.8. The summed E-state index contributed by atoms with van der Waals surface area (Å²) in [5.41, 5.74) is -1.07. The van der Waals surface area contributed by atoms with E-state index in [-0.39, 0.29) is 42.2 Å². The van der Waals surface area contributed by atoms with Gasteiger partial charge in [-0.2, -0.15) is 8.42 Å². The number of fused-ring (bicyclic) bond motifs is 1. The summed E-state index contributed by atoms with van der Waals surface area (Å²) in [6.45, 7) is 3.39. The molecule has 0 bridgehead atoms. The van der Waals surface area contributed by atoms with Crippen molar-refractivity contribution in [1.29, 1.82) is 0 Å². The highest BCUT2D eigenvalue weighted by Gasteiger charge is 2.53. The van der Waals surface area contributed by atoms with Crippen LogP contribution in [0.2, 0.25) is 0 Å². The van der Waals surface area contributed by atoms with Gasteiger partial charge in [-0.1, -0.05) is 0 Å². The van der Waals surface area contributed by atoms with Crippen LogP contribution in [-0.4, -0.2) is 66.4 Å². The summed E-state index contributed by atoms with van der Waals surface area (Å²) in [5.74, 6) is -3.83. The van der Waals surface area contributed by atoms with Crippen LogP contribution in [0, 0.1) is 23.3 Å². The Labute approximate surface area is 236 Å². The highest BCUT2D eigenvalue weighted by Crippen LogP contribution is 2.49. The first-order valence-electron chi connectivity index (χ1n) is 12.4. The number of aromatic nitrogens is 4. The van der Waals surface area contributed by atoms with E-state index in [9.17, 15) is 30.0 Å². The molecule has 2 fully saturated rings. The van der Waals surface area contributed by atoms with Crippen molar-refractivity contribution >= 4 is 53.7 Å². The lowest BCUT2D eigenvalue weighted by Crippen LogP contribution is -2.56. The number of hydrogen-bond donors (Lipinski definition) is 0. The monoisotopic (exact) mass is 630 g/mol. The SMILES string of the molecule is CC(C)S(=O)(=O)c1nc(S(=O)(=O)n2nc(N3CCN(c4ncc(F)cc4F)CC34CC4)c3c(F)cc(F)cc32)cs1. The fraction of sp³-hybridized carbons (Fsp3) is 0.375. The van der Waals surface area contributed by atoms with E-state index in [2.05, 4.69) is 15.1 Å². The summed E-state index contributed by atoms with van der Waals surface area (Å²) in [6.07, 6.45) is 2.07. The van der Waals surface area contributed by atoms with E-state index < -0.39 is 63.3 Å². The molecule has 0 radical (unpaired) electrons. The van der Waals surface area contributed by atoms with Crippen LogP contribution in [0.4, 0.5) is 29.2 Å². The van der Waals surface area contributed by atoms with Gasteiger partial charge in [-0.05, 0) is 26.7 Å². The number of piperazine rings is 1. The van der Waals surface area contributed by atoms with Gasteiger partial charge in [0.15, 0.2) is 22.5 Å². The maximum Gasteiger partial charge on any atom is 0.301 e. The Bertz CT molecular complexity index is 1920. The summed E-state index contributed by atoms with van der Waals surface area (Å²) >= 11 is 0.619.